The van der Waals surface area contributed by atoms with Gasteiger partial charge in [-0.3, -0.25) is 0 Å². The Balaban J connectivity index is 2.12. The lowest BCUT2D eigenvalue weighted by atomic mass is 9.68. The molecular weight excluding hydrogens is 228 g/mol. The zero-order valence-electron chi connectivity index (χ0n) is 11.6. The summed E-state index contributed by atoms with van der Waals surface area (Å²) in [5.41, 5.74) is 0.998. The highest BCUT2D eigenvalue weighted by atomic mass is 16.6. The lowest BCUT2D eigenvalue weighted by molar-refractivity contribution is -0.138. The van der Waals surface area contributed by atoms with Crippen molar-refractivity contribution in [2.75, 3.05) is 0 Å². The van der Waals surface area contributed by atoms with E-state index in [0.29, 0.717) is 5.92 Å². The van der Waals surface area contributed by atoms with Crippen molar-refractivity contribution in [2.24, 2.45) is 11.3 Å². The van der Waals surface area contributed by atoms with Crippen molar-refractivity contribution in [2.45, 2.75) is 52.2 Å². The number of hydrogen-bond donors (Lipinski definition) is 1. The Morgan fingerprint density at radius 2 is 2.17 bits per heavy atom. The van der Waals surface area contributed by atoms with Gasteiger partial charge in [-0.15, -0.1) is 0 Å². The zero-order chi connectivity index (χ0) is 13.6. The fourth-order valence-corrected chi connectivity index (χ4v) is 2.91. The number of carbonyl (C=O) groups is 1. The molecule has 0 aromatic rings. The van der Waals surface area contributed by atoms with Crippen LogP contribution in [0.25, 0.3) is 0 Å². The van der Waals surface area contributed by atoms with E-state index in [1.54, 1.807) is 0 Å². The molecule has 0 amide bonds. The Labute approximate surface area is 109 Å². The summed E-state index contributed by atoms with van der Waals surface area (Å²) >= 11 is 0. The maximum Gasteiger partial charge on any atom is 0.336 e. The molecular formula is C15H22O3. The zero-order valence-corrected chi connectivity index (χ0v) is 11.6. The molecule has 100 valence electrons. The van der Waals surface area contributed by atoms with E-state index >= 15 is 0 Å². The monoisotopic (exact) mass is 250 g/mol. The predicted octanol–water partition coefficient (Wildman–Crippen LogP) is 3.17. The van der Waals surface area contributed by atoms with Crippen molar-refractivity contribution in [3.8, 4) is 0 Å². The van der Waals surface area contributed by atoms with Gasteiger partial charge < -0.3 is 9.84 Å². The largest absolute Gasteiger partial charge is 0.479 e. The van der Waals surface area contributed by atoms with Gasteiger partial charge >= 0.3 is 5.97 Å². The van der Waals surface area contributed by atoms with Crippen LogP contribution in [0.1, 0.15) is 40.5 Å². The summed E-state index contributed by atoms with van der Waals surface area (Å²) in [6.07, 6.45) is 7.97. The van der Waals surface area contributed by atoms with Gasteiger partial charge in [0.2, 0.25) is 0 Å². The quantitative estimate of drug-likeness (QED) is 0.618. The lowest BCUT2D eigenvalue weighted by Gasteiger charge is -2.36. The number of hydrogen-bond acceptors (Lipinski definition) is 2. The van der Waals surface area contributed by atoms with Crippen molar-refractivity contribution >= 4 is 5.97 Å². The summed E-state index contributed by atoms with van der Waals surface area (Å²) in [5, 5.41) is 8.91. The fraction of sp³-hybridized carbons (Fsp3) is 0.667. The third-order valence-electron chi connectivity index (χ3n) is 4.27. The van der Waals surface area contributed by atoms with Crippen molar-refractivity contribution < 1.29 is 14.6 Å². The van der Waals surface area contributed by atoms with E-state index in [-0.39, 0.29) is 5.41 Å². The average Bonchev–Trinajstić information content (AvgIpc) is 2.89. The summed E-state index contributed by atoms with van der Waals surface area (Å²) in [6, 6.07) is 0. The number of carboxylic acid groups (broad SMARTS) is 1. The fourth-order valence-electron chi connectivity index (χ4n) is 2.91. The molecule has 0 saturated carbocycles. The number of rotatable bonds is 3. The molecule has 0 bridgehead atoms. The Hall–Kier alpha value is -1.09. The molecule has 0 spiro atoms. The summed E-state index contributed by atoms with van der Waals surface area (Å²) in [4.78, 5) is 10.8. The van der Waals surface area contributed by atoms with E-state index in [1.807, 2.05) is 13.0 Å². The van der Waals surface area contributed by atoms with Gasteiger partial charge in [0.15, 0.2) is 6.10 Å². The molecule has 1 saturated heterocycles. The highest BCUT2D eigenvalue weighted by Crippen LogP contribution is 2.44. The second-order valence-electron chi connectivity index (χ2n) is 6.33. The number of ether oxygens (including phenoxy) is 1. The molecule has 18 heavy (non-hydrogen) atoms. The SMILES string of the molecule is CC1=CCCC(C)(C)C1/C=C/C1(C)OC1C(=O)O. The summed E-state index contributed by atoms with van der Waals surface area (Å²) < 4.78 is 5.25. The lowest BCUT2D eigenvalue weighted by Crippen LogP contribution is -2.27. The molecule has 1 fully saturated rings. The molecule has 3 unspecified atom stereocenters. The first-order chi connectivity index (χ1) is 8.26. The molecule has 1 N–H and O–H groups in total. The minimum atomic E-state index is -0.877. The van der Waals surface area contributed by atoms with Crippen LogP contribution in [-0.2, 0) is 9.53 Å². The molecule has 3 nitrogen and oxygen atoms in total. The van der Waals surface area contributed by atoms with Gasteiger partial charge in [-0.05, 0) is 32.1 Å². The Kier molecular flexibility index (Phi) is 3.14. The second kappa shape index (κ2) is 4.23. The number of epoxide rings is 1. The first-order valence-electron chi connectivity index (χ1n) is 6.53. The Morgan fingerprint density at radius 3 is 2.67 bits per heavy atom. The van der Waals surface area contributed by atoms with Gasteiger partial charge in [0.1, 0.15) is 5.60 Å². The molecule has 2 aliphatic rings. The van der Waals surface area contributed by atoms with Crippen LogP contribution >= 0.6 is 0 Å². The Bertz CT molecular complexity index is 419. The first kappa shape index (κ1) is 13.3. The minimum absolute atomic E-state index is 0.235. The van der Waals surface area contributed by atoms with Gasteiger partial charge in [0, 0.05) is 5.92 Å². The van der Waals surface area contributed by atoms with Crippen LogP contribution in [0.5, 0.6) is 0 Å². The summed E-state index contributed by atoms with van der Waals surface area (Å²) in [6.45, 7) is 8.52. The van der Waals surface area contributed by atoms with E-state index < -0.39 is 17.7 Å². The molecule has 1 aliphatic heterocycles. The van der Waals surface area contributed by atoms with Crippen LogP contribution in [-0.4, -0.2) is 22.8 Å². The molecule has 2 rings (SSSR count). The van der Waals surface area contributed by atoms with Gasteiger partial charge in [-0.2, -0.15) is 0 Å². The number of allylic oxidation sites excluding steroid dienone is 3. The van der Waals surface area contributed by atoms with Crippen LogP contribution in [0.15, 0.2) is 23.8 Å². The third kappa shape index (κ3) is 2.37. The molecule has 3 atom stereocenters. The maximum atomic E-state index is 10.8. The second-order valence-corrected chi connectivity index (χ2v) is 6.33. The van der Waals surface area contributed by atoms with Crippen molar-refractivity contribution in [1.82, 2.24) is 0 Å². The smallest absolute Gasteiger partial charge is 0.336 e. The molecule has 3 heteroatoms. The van der Waals surface area contributed by atoms with Gasteiger partial charge in [-0.25, -0.2) is 4.79 Å². The van der Waals surface area contributed by atoms with Crippen LogP contribution in [0.2, 0.25) is 0 Å². The van der Waals surface area contributed by atoms with Crippen LogP contribution < -0.4 is 0 Å². The van der Waals surface area contributed by atoms with Gasteiger partial charge in [-0.1, -0.05) is 37.6 Å². The Morgan fingerprint density at radius 1 is 1.50 bits per heavy atom. The normalized spacial score (nSPS) is 38.6. The first-order valence-corrected chi connectivity index (χ1v) is 6.53. The van der Waals surface area contributed by atoms with E-state index in [9.17, 15) is 4.79 Å². The summed E-state index contributed by atoms with van der Waals surface area (Å²) in [7, 11) is 0. The van der Waals surface area contributed by atoms with Crippen molar-refractivity contribution in [3.05, 3.63) is 23.8 Å². The van der Waals surface area contributed by atoms with E-state index in [1.165, 1.54) is 12.0 Å². The standard InChI is InChI=1S/C15H22O3/c1-10-6-5-8-14(2,3)11(10)7-9-15(4)12(18-15)13(16)17/h6-7,9,11-12H,5,8H2,1-4H3,(H,16,17)/b9-7+. The number of aliphatic carboxylic acids is 1. The molecule has 1 heterocycles. The highest BCUT2D eigenvalue weighted by Gasteiger charge is 2.55. The van der Waals surface area contributed by atoms with Gasteiger partial charge in [0.05, 0.1) is 0 Å². The highest BCUT2D eigenvalue weighted by molar-refractivity contribution is 5.77. The topological polar surface area (TPSA) is 49.8 Å². The van der Waals surface area contributed by atoms with Crippen LogP contribution in [0.4, 0.5) is 0 Å². The van der Waals surface area contributed by atoms with E-state index in [4.69, 9.17) is 9.84 Å². The van der Waals surface area contributed by atoms with Crippen LogP contribution in [0.3, 0.4) is 0 Å². The van der Waals surface area contributed by atoms with Crippen molar-refractivity contribution in [1.29, 1.82) is 0 Å². The van der Waals surface area contributed by atoms with Crippen LogP contribution in [0, 0.1) is 11.3 Å². The van der Waals surface area contributed by atoms with E-state index in [0.717, 1.165) is 6.42 Å². The van der Waals surface area contributed by atoms with Gasteiger partial charge in [0.25, 0.3) is 0 Å². The maximum absolute atomic E-state index is 10.8. The van der Waals surface area contributed by atoms with Crippen molar-refractivity contribution in [3.63, 3.8) is 0 Å². The minimum Gasteiger partial charge on any atom is -0.479 e. The predicted molar refractivity (Wildman–Crippen MR) is 70.3 cm³/mol. The molecule has 1 aliphatic carbocycles. The third-order valence-corrected chi connectivity index (χ3v) is 4.27. The molecule has 0 aromatic heterocycles. The average molecular weight is 250 g/mol. The number of carboxylic acids is 1. The van der Waals surface area contributed by atoms with E-state index in [2.05, 4.69) is 32.9 Å². The molecule has 0 radical (unpaired) electrons. The summed E-state index contributed by atoms with van der Waals surface area (Å²) in [5.74, 6) is -0.501. The molecule has 0 aromatic carbocycles.